The molecule has 0 saturated carbocycles. The summed E-state index contributed by atoms with van der Waals surface area (Å²) in [4.78, 5) is 42.1. The zero-order valence-corrected chi connectivity index (χ0v) is 37.7. The first-order chi connectivity index (χ1) is 29.8. The maximum atomic E-state index is 12.2. The maximum absolute atomic E-state index is 12.2. The van der Waals surface area contributed by atoms with E-state index in [4.69, 9.17) is 35.3 Å². The van der Waals surface area contributed by atoms with Crippen molar-refractivity contribution in [3.8, 4) is 51.5 Å². The van der Waals surface area contributed by atoms with Crippen LogP contribution in [0, 0.1) is 6.92 Å². The van der Waals surface area contributed by atoms with Gasteiger partial charge in [-0.3, -0.25) is 9.59 Å². The number of aromatic nitrogens is 4. The molecule has 3 aromatic carbocycles. The van der Waals surface area contributed by atoms with Crippen LogP contribution in [0.3, 0.4) is 0 Å². The minimum absolute atomic E-state index is 0.0706. The minimum atomic E-state index is -0.136. The number of methoxy groups -OCH3 is 3. The number of carbonyl (C=O) groups excluding carboxylic acids is 1. The highest BCUT2D eigenvalue weighted by atomic mass is 35.5. The van der Waals surface area contributed by atoms with Crippen LogP contribution in [0.4, 0.5) is 0 Å². The van der Waals surface area contributed by atoms with Crippen LogP contribution in [0.1, 0.15) is 57.5 Å². The fourth-order valence-corrected chi connectivity index (χ4v) is 6.64. The molecule has 7 aromatic rings. The van der Waals surface area contributed by atoms with Gasteiger partial charge in [-0.15, -0.1) is 0 Å². The number of aryl methyl sites for hydroxylation is 1. The van der Waals surface area contributed by atoms with Crippen LogP contribution in [0.25, 0.3) is 44.1 Å². The fraction of sp³-hybridized carbons (Fsp3) is 0.286. The van der Waals surface area contributed by atoms with Crippen LogP contribution in [-0.4, -0.2) is 77.4 Å². The van der Waals surface area contributed by atoms with Crippen molar-refractivity contribution in [2.24, 2.45) is 0 Å². The summed E-state index contributed by atoms with van der Waals surface area (Å²) < 4.78 is 26.7. The lowest BCUT2D eigenvalue weighted by molar-refractivity contribution is 0.0772. The van der Waals surface area contributed by atoms with Crippen molar-refractivity contribution in [2.45, 2.75) is 60.7 Å². The highest BCUT2D eigenvalue weighted by Crippen LogP contribution is 2.31. The lowest BCUT2D eigenvalue weighted by Crippen LogP contribution is -2.30. The van der Waals surface area contributed by atoms with Crippen LogP contribution < -0.4 is 29.2 Å². The Morgan fingerprint density at radius 1 is 0.677 bits per heavy atom. The third-order valence-electron chi connectivity index (χ3n) is 9.55. The summed E-state index contributed by atoms with van der Waals surface area (Å²) in [7, 11) is 4.87. The van der Waals surface area contributed by atoms with Crippen LogP contribution in [-0.2, 0) is 0 Å². The molecule has 0 bridgehead atoms. The Balaban J connectivity index is 0.000000179. The molecule has 0 radical (unpaired) electrons. The number of fused-ring (bicyclic) bond motifs is 2. The molecular weight excluding hydrogens is 806 g/mol. The first-order valence-corrected chi connectivity index (χ1v) is 20.7. The Labute approximate surface area is 367 Å². The van der Waals surface area contributed by atoms with Crippen molar-refractivity contribution in [3.63, 3.8) is 0 Å². The van der Waals surface area contributed by atoms with Gasteiger partial charge >= 0.3 is 0 Å². The first-order valence-electron chi connectivity index (χ1n) is 20.3. The number of amides is 1. The van der Waals surface area contributed by atoms with Crippen molar-refractivity contribution in [3.05, 3.63) is 130 Å². The number of nitrogens with zero attached hydrogens (tertiary/aromatic N) is 4. The monoisotopic (exact) mass is 859 g/mol. The number of benzene rings is 3. The molecule has 4 heterocycles. The minimum Gasteiger partial charge on any atom is -0.497 e. The third kappa shape index (κ3) is 12.0. The van der Waals surface area contributed by atoms with E-state index in [9.17, 15) is 9.59 Å². The molecular formula is C49H54ClN5O7. The van der Waals surface area contributed by atoms with Crippen LogP contribution in [0.5, 0.6) is 29.0 Å². The smallest absolute Gasteiger partial charge is 0.256 e. The van der Waals surface area contributed by atoms with E-state index >= 15 is 0 Å². The highest BCUT2D eigenvalue weighted by Gasteiger charge is 2.15. The van der Waals surface area contributed by atoms with Gasteiger partial charge in [0.05, 0.1) is 44.9 Å². The number of pyridine rings is 4. The second kappa shape index (κ2) is 21.7. The Hall–Kier alpha value is -6.66. The van der Waals surface area contributed by atoms with Gasteiger partial charge in [0, 0.05) is 65.1 Å². The second-order valence-corrected chi connectivity index (χ2v) is 15.0. The average molecular weight is 860 g/mol. The second-order valence-electron chi connectivity index (χ2n) is 14.6. The molecule has 7 rings (SSSR count). The predicted molar refractivity (Wildman–Crippen MR) is 247 cm³/mol. The topological polar surface area (TPSA) is 138 Å². The van der Waals surface area contributed by atoms with E-state index in [0.717, 1.165) is 68.7 Å². The summed E-state index contributed by atoms with van der Waals surface area (Å²) in [5.74, 6) is 3.53. The molecule has 0 saturated heterocycles. The van der Waals surface area contributed by atoms with Crippen molar-refractivity contribution in [2.75, 3.05) is 34.4 Å². The van der Waals surface area contributed by atoms with Gasteiger partial charge in [-0.05, 0) is 144 Å². The van der Waals surface area contributed by atoms with E-state index in [2.05, 4.69) is 19.9 Å². The molecule has 0 fully saturated rings. The molecule has 0 spiro atoms. The molecule has 62 heavy (non-hydrogen) atoms. The quantitative estimate of drug-likeness (QED) is 0.118. The lowest BCUT2D eigenvalue weighted by atomic mass is 10.1. The van der Waals surface area contributed by atoms with E-state index in [1.54, 1.807) is 51.9 Å². The number of halogens is 1. The van der Waals surface area contributed by atoms with E-state index < -0.39 is 0 Å². The zero-order valence-electron chi connectivity index (χ0n) is 36.9. The fourth-order valence-electron chi connectivity index (χ4n) is 6.38. The SMILES string of the molecule is CCN(CC)C(=O)c1ccc(OC)cc1C.COc1ccc2c(=O)[nH]c(-c3ccc(OC(C)C)nc3)cc2c1.COc1ccc2c(Cl)nc(-c3ccc(OC(C)C)nc3)cc2c1. The molecule has 324 valence electrons. The van der Waals surface area contributed by atoms with E-state index in [0.29, 0.717) is 33.7 Å². The Morgan fingerprint density at radius 3 is 1.69 bits per heavy atom. The number of H-pyrrole nitrogens is 1. The summed E-state index contributed by atoms with van der Waals surface area (Å²) in [6, 6.07) is 28.0. The molecule has 0 unspecified atom stereocenters. The first kappa shape index (κ1) is 46.4. The lowest BCUT2D eigenvalue weighted by Gasteiger charge is -2.19. The number of aromatic amines is 1. The summed E-state index contributed by atoms with van der Waals surface area (Å²) in [5, 5.41) is 3.78. The number of nitrogens with one attached hydrogen (secondary N) is 1. The summed E-state index contributed by atoms with van der Waals surface area (Å²) in [6.45, 7) is 15.2. The maximum Gasteiger partial charge on any atom is 0.256 e. The predicted octanol–water partition coefficient (Wildman–Crippen LogP) is 10.6. The van der Waals surface area contributed by atoms with Crippen molar-refractivity contribution < 1.29 is 28.5 Å². The van der Waals surface area contributed by atoms with Crippen molar-refractivity contribution >= 4 is 39.1 Å². The molecule has 1 N–H and O–H groups in total. The molecule has 0 aliphatic carbocycles. The van der Waals surface area contributed by atoms with Gasteiger partial charge in [-0.25, -0.2) is 15.0 Å². The number of hydrogen-bond acceptors (Lipinski definition) is 10. The van der Waals surface area contributed by atoms with Gasteiger partial charge < -0.3 is 33.6 Å². The summed E-state index contributed by atoms with van der Waals surface area (Å²) in [6.07, 6.45) is 3.59. The number of ether oxygens (including phenoxy) is 5. The van der Waals surface area contributed by atoms with Gasteiger partial charge in [-0.1, -0.05) is 11.6 Å². The van der Waals surface area contributed by atoms with Crippen molar-refractivity contribution in [1.82, 2.24) is 24.8 Å². The number of carbonyl (C=O) groups is 1. The zero-order chi connectivity index (χ0) is 44.9. The molecule has 13 heteroatoms. The van der Waals surface area contributed by atoms with E-state index in [1.165, 1.54) is 0 Å². The van der Waals surface area contributed by atoms with Gasteiger partial charge in [-0.2, -0.15) is 0 Å². The van der Waals surface area contributed by atoms with Gasteiger partial charge in [0.1, 0.15) is 22.4 Å². The highest BCUT2D eigenvalue weighted by molar-refractivity contribution is 6.34. The summed E-state index contributed by atoms with van der Waals surface area (Å²) in [5.41, 5.74) is 4.75. The van der Waals surface area contributed by atoms with Crippen molar-refractivity contribution in [1.29, 1.82) is 0 Å². The third-order valence-corrected chi connectivity index (χ3v) is 9.84. The normalized spacial score (nSPS) is 10.7. The average Bonchev–Trinajstić information content (AvgIpc) is 3.26. The summed E-state index contributed by atoms with van der Waals surface area (Å²) >= 11 is 6.31. The van der Waals surface area contributed by atoms with Crippen LogP contribution >= 0.6 is 11.6 Å². The van der Waals surface area contributed by atoms with Crippen LogP contribution in [0.15, 0.2) is 108 Å². The van der Waals surface area contributed by atoms with E-state index in [-0.39, 0.29) is 23.7 Å². The molecule has 4 aromatic heterocycles. The van der Waals surface area contributed by atoms with Gasteiger partial charge in [0.15, 0.2) is 0 Å². The molecule has 0 aliphatic rings. The van der Waals surface area contributed by atoms with Crippen LogP contribution in [0.2, 0.25) is 5.15 Å². The largest absolute Gasteiger partial charge is 0.497 e. The van der Waals surface area contributed by atoms with E-state index in [1.807, 2.05) is 126 Å². The standard InChI is InChI=1S/C18H17ClN2O2.C18H18N2O3.C13H19NO2/c1-11(2)23-17-7-4-12(10-20-17)16-9-13-8-14(22-3)5-6-15(13)18(19)21-16;1-11(2)23-17-7-4-12(10-19-17)16-9-13-8-14(22-3)5-6-15(13)18(21)20-16;1-5-14(6-2)13(15)12-8-7-11(16-4)9-10(12)3/h4-11H,1-3H3;4-11H,1-3H3,(H,20,21);7-9H,5-6H2,1-4H3. The van der Waals surface area contributed by atoms with Gasteiger partial charge in [0.25, 0.3) is 11.5 Å². The molecule has 12 nitrogen and oxygen atoms in total. The molecule has 0 atom stereocenters. The number of hydrogen-bond donors (Lipinski definition) is 1. The molecule has 1 amide bonds. The number of rotatable bonds is 12. The Kier molecular flexibility index (Phi) is 16.3. The molecule has 0 aliphatic heterocycles. The Bertz CT molecular complexity index is 2650. The Morgan fingerprint density at radius 2 is 1.19 bits per heavy atom. The van der Waals surface area contributed by atoms with Gasteiger partial charge in [0.2, 0.25) is 11.8 Å².